The molecule has 2 heterocycles. The van der Waals surface area contributed by atoms with E-state index < -0.39 is 0 Å². The molecule has 0 spiro atoms. The molecule has 1 fully saturated rings. The number of anilines is 1. The molecule has 1 aromatic carbocycles. The molecule has 3 aliphatic rings. The quantitative estimate of drug-likeness (QED) is 0.677. The minimum Gasteiger partial charge on any atom is -0.504 e. The first-order valence-corrected chi connectivity index (χ1v) is 10.1. The van der Waals surface area contributed by atoms with Crippen molar-refractivity contribution < 1.29 is 9.84 Å². The van der Waals surface area contributed by atoms with Gasteiger partial charge in [0.15, 0.2) is 17.3 Å². The lowest BCUT2D eigenvalue weighted by Crippen LogP contribution is -2.13. The molecule has 3 N–H and O–H groups in total. The lowest BCUT2D eigenvalue weighted by molar-refractivity contribution is 0.201. The average Bonchev–Trinajstić information content (AvgIpc) is 3.33. The largest absolute Gasteiger partial charge is 0.504 e. The third kappa shape index (κ3) is 3.48. The number of ether oxygens (including phenoxy) is 1. The molecular weight excluding hydrogens is 354 g/mol. The second kappa shape index (κ2) is 7.66. The SMILES string of the molecule is CCc1nc(N)n(CC)c2nc(Cc3ccc(O)c(OC4CCCC4)c3)nc1-2. The third-order valence-corrected chi connectivity index (χ3v) is 5.38. The minimum atomic E-state index is 0.179. The van der Waals surface area contributed by atoms with E-state index in [4.69, 9.17) is 20.4 Å². The number of hydrogen-bond acceptors (Lipinski definition) is 6. The zero-order valence-electron chi connectivity index (χ0n) is 16.5. The first kappa shape index (κ1) is 18.5. The van der Waals surface area contributed by atoms with Crippen LogP contribution in [0.15, 0.2) is 18.2 Å². The highest BCUT2D eigenvalue weighted by Gasteiger charge is 2.22. The molecule has 0 aromatic heterocycles. The number of phenolic OH excluding ortho intramolecular Hbond substituents is 1. The molecule has 7 nitrogen and oxygen atoms in total. The molecule has 0 bridgehead atoms. The molecule has 4 rings (SSSR count). The molecule has 1 saturated carbocycles. The minimum absolute atomic E-state index is 0.179. The van der Waals surface area contributed by atoms with Crippen LogP contribution in [0.3, 0.4) is 0 Å². The zero-order chi connectivity index (χ0) is 19.7. The number of phenols is 1. The number of fused-ring (bicyclic) bond motifs is 1. The Morgan fingerprint density at radius 2 is 1.96 bits per heavy atom. The second-order valence-corrected chi connectivity index (χ2v) is 7.33. The molecule has 2 aliphatic heterocycles. The van der Waals surface area contributed by atoms with Crippen LogP contribution < -0.4 is 10.5 Å². The van der Waals surface area contributed by atoms with E-state index in [2.05, 4.69) is 4.98 Å². The van der Waals surface area contributed by atoms with Crippen molar-refractivity contribution in [2.75, 3.05) is 5.73 Å². The van der Waals surface area contributed by atoms with E-state index in [1.165, 1.54) is 12.8 Å². The van der Waals surface area contributed by atoms with Crippen LogP contribution in [-0.2, 0) is 19.4 Å². The van der Waals surface area contributed by atoms with Gasteiger partial charge >= 0.3 is 0 Å². The van der Waals surface area contributed by atoms with Crippen molar-refractivity contribution in [1.82, 2.24) is 19.5 Å². The molecule has 148 valence electrons. The summed E-state index contributed by atoms with van der Waals surface area (Å²) in [5.41, 5.74) is 8.77. The van der Waals surface area contributed by atoms with Gasteiger partial charge in [-0.1, -0.05) is 13.0 Å². The highest BCUT2D eigenvalue weighted by molar-refractivity contribution is 5.59. The normalized spacial score (nSPS) is 14.8. The van der Waals surface area contributed by atoms with Gasteiger partial charge in [-0.25, -0.2) is 15.0 Å². The maximum Gasteiger partial charge on any atom is 0.202 e. The molecule has 0 unspecified atom stereocenters. The van der Waals surface area contributed by atoms with E-state index in [1.807, 2.05) is 30.5 Å². The highest BCUT2D eigenvalue weighted by Crippen LogP contribution is 2.32. The van der Waals surface area contributed by atoms with Crippen LogP contribution in [0, 0.1) is 0 Å². The van der Waals surface area contributed by atoms with E-state index in [0.717, 1.165) is 47.9 Å². The maximum absolute atomic E-state index is 10.2. The summed E-state index contributed by atoms with van der Waals surface area (Å²) in [5, 5.41) is 10.2. The Labute approximate surface area is 164 Å². The Hall–Kier alpha value is -2.83. The zero-order valence-corrected chi connectivity index (χ0v) is 16.5. The smallest absolute Gasteiger partial charge is 0.202 e. The third-order valence-electron chi connectivity index (χ3n) is 5.38. The van der Waals surface area contributed by atoms with Gasteiger partial charge < -0.3 is 15.6 Å². The molecular formula is C21H27N5O2. The summed E-state index contributed by atoms with van der Waals surface area (Å²) in [7, 11) is 0. The van der Waals surface area contributed by atoms with E-state index in [0.29, 0.717) is 24.7 Å². The Morgan fingerprint density at radius 3 is 2.68 bits per heavy atom. The van der Waals surface area contributed by atoms with Gasteiger partial charge in [-0.15, -0.1) is 0 Å². The van der Waals surface area contributed by atoms with Crippen LogP contribution >= 0.6 is 0 Å². The molecule has 0 atom stereocenters. The monoisotopic (exact) mass is 381 g/mol. The fourth-order valence-corrected chi connectivity index (χ4v) is 3.89. The number of hydrogen-bond donors (Lipinski definition) is 2. The Balaban J connectivity index is 1.64. The van der Waals surface area contributed by atoms with Crippen LogP contribution in [0.2, 0.25) is 0 Å². The summed E-state index contributed by atoms with van der Waals surface area (Å²) in [5.74, 6) is 2.69. The van der Waals surface area contributed by atoms with Crippen molar-refractivity contribution in [3.05, 3.63) is 35.3 Å². The Morgan fingerprint density at radius 1 is 1.18 bits per heavy atom. The maximum atomic E-state index is 10.2. The number of benzene rings is 1. The van der Waals surface area contributed by atoms with Crippen LogP contribution in [0.5, 0.6) is 11.5 Å². The predicted octanol–water partition coefficient (Wildman–Crippen LogP) is 3.56. The second-order valence-electron chi connectivity index (χ2n) is 7.33. The van der Waals surface area contributed by atoms with Crippen molar-refractivity contribution in [3.63, 3.8) is 0 Å². The fourth-order valence-electron chi connectivity index (χ4n) is 3.89. The Bertz CT molecular complexity index is 946. The van der Waals surface area contributed by atoms with Gasteiger partial charge in [-0.05, 0) is 56.7 Å². The van der Waals surface area contributed by atoms with E-state index in [-0.39, 0.29) is 11.9 Å². The number of rotatable bonds is 6. The summed E-state index contributed by atoms with van der Waals surface area (Å²) >= 11 is 0. The highest BCUT2D eigenvalue weighted by atomic mass is 16.5. The van der Waals surface area contributed by atoms with E-state index >= 15 is 0 Å². The molecule has 0 amide bonds. The number of aryl methyl sites for hydroxylation is 1. The van der Waals surface area contributed by atoms with Crippen molar-refractivity contribution in [1.29, 1.82) is 0 Å². The summed E-state index contributed by atoms with van der Waals surface area (Å²) < 4.78 is 7.90. The number of imidazole rings is 1. The summed E-state index contributed by atoms with van der Waals surface area (Å²) in [6.07, 6.45) is 5.98. The van der Waals surface area contributed by atoms with E-state index in [1.54, 1.807) is 6.07 Å². The number of aromatic hydroxyl groups is 1. The fraction of sp³-hybridized carbons (Fsp3) is 0.476. The summed E-state index contributed by atoms with van der Waals surface area (Å²) in [6, 6.07) is 5.47. The van der Waals surface area contributed by atoms with Crippen LogP contribution in [-0.4, -0.2) is 30.7 Å². The van der Waals surface area contributed by atoms with Crippen LogP contribution in [0.25, 0.3) is 11.5 Å². The first-order valence-electron chi connectivity index (χ1n) is 10.1. The van der Waals surface area contributed by atoms with Gasteiger partial charge in [-0.2, -0.15) is 0 Å². The standard InChI is InChI=1S/C21H27N5O2/c1-3-15-19-20(26(4-2)21(22)23-15)25-18(24-19)12-13-9-10-16(27)17(11-13)28-14-7-5-6-8-14/h9-11,14,27H,3-8,12H2,1-2H3,(H2,22,23). The summed E-state index contributed by atoms with van der Waals surface area (Å²) in [6.45, 7) is 4.75. The van der Waals surface area contributed by atoms with Crippen molar-refractivity contribution >= 4 is 5.95 Å². The number of nitrogens with zero attached hydrogens (tertiary/aromatic N) is 4. The lowest BCUT2D eigenvalue weighted by Gasteiger charge is -2.15. The van der Waals surface area contributed by atoms with Crippen molar-refractivity contribution in [2.24, 2.45) is 0 Å². The molecule has 0 saturated heterocycles. The van der Waals surface area contributed by atoms with Gasteiger partial charge in [0.25, 0.3) is 0 Å². The van der Waals surface area contributed by atoms with Crippen molar-refractivity contribution in [3.8, 4) is 23.0 Å². The first-order chi connectivity index (χ1) is 13.6. The predicted molar refractivity (Wildman–Crippen MR) is 108 cm³/mol. The van der Waals surface area contributed by atoms with Crippen molar-refractivity contribution in [2.45, 2.75) is 65.0 Å². The molecule has 28 heavy (non-hydrogen) atoms. The molecule has 1 aromatic rings. The molecule has 0 radical (unpaired) electrons. The van der Waals surface area contributed by atoms with E-state index in [9.17, 15) is 5.11 Å². The average molecular weight is 381 g/mol. The lowest BCUT2D eigenvalue weighted by atomic mass is 10.1. The number of aromatic nitrogens is 4. The topological polar surface area (TPSA) is 99.1 Å². The summed E-state index contributed by atoms with van der Waals surface area (Å²) in [4.78, 5) is 13.9. The van der Waals surface area contributed by atoms with Crippen LogP contribution in [0.1, 0.15) is 56.6 Å². The van der Waals surface area contributed by atoms with Gasteiger partial charge in [0.05, 0.1) is 11.8 Å². The van der Waals surface area contributed by atoms with Gasteiger partial charge in [-0.3, -0.25) is 4.57 Å². The molecule has 7 heteroatoms. The van der Waals surface area contributed by atoms with Gasteiger partial charge in [0.2, 0.25) is 5.95 Å². The number of nitrogen functional groups attached to an aromatic ring is 1. The number of nitrogens with two attached hydrogens (primary N) is 1. The van der Waals surface area contributed by atoms with Gasteiger partial charge in [0.1, 0.15) is 11.5 Å². The van der Waals surface area contributed by atoms with Gasteiger partial charge in [0, 0.05) is 13.0 Å². The molecule has 1 aliphatic carbocycles. The van der Waals surface area contributed by atoms with Crippen LogP contribution in [0.4, 0.5) is 5.95 Å². The Kier molecular flexibility index (Phi) is 5.07.